The molecule has 1 aliphatic carbocycles. The molecule has 0 heterocycles. The summed E-state index contributed by atoms with van der Waals surface area (Å²) in [7, 11) is 1.81. The summed E-state index contributed by atoms with van der Waals surface area (Å²) in [6, 6.07) is 9.88. The molecule has 0 spiro atoms. The lowest BCUT2D eigenvalue weighted by Gasteiger charge is -2.34. The van der Waals surface area contributed by atoms with Gasteiger partial charge in [0.2, 0.25) is 5.91 Å². The molecule has 1 aliphatic rings. The number of anilines is 1. The fourth-order valence-corrected chi connectivity index (χ4v) is 2.83. The Morgan fingerprint density at radius 3 is 2.45 bits per heavy atom. The van der Waals surface area contributed by atoms with Gasteiger partial charge < -0.3 is 10.6 Å². The molecule has 0 saturated heterocycles. The second kappa shape index (κ2) is 6.38. The molecule has 4 nitrogen and oxygen atoms in total. The van der Waals surface area contributed by atoms with Crippen LogP contribution in [0.4, 0.5) is 5.69 Å². The summed E-state index contributed by atoms with van der Waals surface area (Å²) in [5.41, 5.74) is 0.359. The first-order valence-corrected chi connectivity index (χ1v) is 7.54. The Hall–Kier alpha value is -1.38. The lowest BCUT2D eigenvalue weighted by molar-refractivity contribution is -0.121. The maximum Gasteiger partial charge on any atom is 0.227 e. The van der Waals surface area contributed by atoms with E-state index in [4.69, 9.17) is 0 Å². The normalized spacial score (nSPS) is 25.8. The Kier molecular flexibility index (Phi) is 4.79. The van der Waals surface area contributed by atoms with Crippen molar-refractivity contribution in [1.29, 1.82) is 5.26 Å². The number of carbonyl (C=O) groups excluding carboxylic acids is 1. The van der Waals surface area contributed by atoms with Crippen molar-refractivity contribution >= 4 is 27.5 Å². The van der Waals surface area contributed by atoms with E-state index in [1.54, 1.807) is 0 Å². The van der Waals surface area contributed by atoms with Crippen LogP contribution < -0.4 is 10.6 Å². The third kappa shape index (κ3) is 3.38. The number of carbonyl (C=O) groups is 1. The number of nitriles is 1. The fraction of sp³-hybridized carbons (Fsp3) is 0.467. The van der Waals surface area contributed by atoms with Crippen LogP contribution >= 0.6 is 15.9 Å². The Labute approximate surface area is 127 Å². The van der Waals surface area contributed by atoms with Crippen LogP contribution in [0.5, 0.6) is 0 Å². The van der Waals surface area contributed by atoms with Crippen molar-refractivity contribution in [3.05, 3.63) is 28.7 Å². The van der Waals surface area contributed by atoms with Gasteiger partial charge in [-0.25, -0.2) is 0 Å². The molecule has 0 radical (unpaired) electrons. The van der Waals surface area contributed by atoms with E-state index < -0.39 is 5.54 Å². The van der Waals surface area contributed by atoms with Crippen molar-refractivity contribution in [3.63, 3.8) is 0 Å². The van der Waals surface area contributed by atoms with Gasteiger partial charge in [0.1, 0.15) is 5.54 Å². The quantitative estimate of drug-likeness (QED) is 0.892. The van der Waals surface area contributed by atoms with Gasteiger partial charge in [0, 0.05) is 16.1 Å². The van der Waals surface area contributed by atoms with Crippen molar-refractivity contribution in [2.75, 3.05) is 12.4 Å². The molecule has 106 valence electrons. The SMILES string of the molecule is CNC1(C#N)CCC(C(=O)Nc2ccc(Br)cc2)CC1. The number of amides is 1. The number of hydrogen-bond acceptors (Lipinski definition) is 3. The lowest BCUT2D eigenvalue weighted by atomic mass is 9.77. The first-order valence-electron chi connectivity index (χ1n) is 6.75. The molecule has 0 atom stereocenters. The second-order valence-corrected chi connectivity index (χ2v) is 6.13. The molecule has 1 saturated carbocycles. The average Bonchev–Trinajstić information content (AvgIpc) is 2.49. The van der Waals surface area contributed by atoms with Crippen molar-refractivity contribution < 1.29 is 4.79 Å². The summed E-state index contributed by atoms with van der Waals surface area (Å²) in [5.74, 6) is 0.0448. The molecule has 0 bridgehead atoms. The van der Waals surface area contributed by atoms with Gasteiger partial charge in [-0.1, -0.05) is 15.9 Å². The largest absolute Gasteiger partial charge is 0.326 e. The molecule has 2 rings (SSSR count). The maximum atomic E-state index is 12.2. The molecule has 1 fully saturated rings. The van der Waals surface area contributed by atoms with Gasteiger partial charge in [-0.2, -0.15) is 5.26 Å². The van der Waals surface area contributed by atoms with E-state index >= 15 is 0 Å². The van der Waals surface area contributed by atoms with Crippen molar-refractivity contribution in [3.8, 4) is 6.07 Å². The minimum atomic E-state index is -0.450. The van der Waals surface area contributed by atoms with E-state index in [9.17, 15) is 10.1 Å². The van der Waals surface area contributed by atoms with E-state index in [0.717, 1.165) is 35.8 Å². The topological polar surface area (TPSA) is 64.9 Å². The molecule has 0 aliphatic heterocycles. The molecule has 0 unspecified atom stereocenters. The minimum Gasteiger partial charge on any atom is -0.326 e. The van der Waals surface area contributed by atoms with Gasteiger partial charge in [-0.05, 0) is 57.0 Å². The van der Waals surface area contributed by atoms with E-state index in [0.29, 0.717) is 0 Å². The fourth-order valence-electron chi connectivity index (χ4n) is 2.57. The third-order valence-corrected chi connectivity index (χ3v) is 4.54. The van der Waals surface area contributed by atoms with Crippen LogP contribution in [0, 0.1) is 17.2 Å². The summed E-state index contributed by atoms with van der Waals surface area (Å²) >= 11 is 3.37. The molecular weight excluding hydrogens is 318 g/mol. The highest BCUT2D eigenvalue weighted by atomic mass is 79.9. The average molecular weight is 336 g/mol. The van der Waals surface area contributed by atoms with Gasteiger partial charge in [-0.3, -0.25) is 4.79 Å². The highest BCUT2D eigenvalue weighted by Crippen LogP contribution is 2.32. The van der Waals surface area contributed by atoms with E-state index in [1.807, 2.05) is 31.3 Å². The molecule has 1 aromatic rings. The monoisotopic (exact) mass is 335 g/mol. The van der Waals surface area contributed by atoms with Gasteiger partial charge in [-0.15, -0.1) is 0 Å². The predicted molar refractivity (Wildman–Crippen MR) is 82.1 cm³/mol. The summed E-state index contributed by atoms with van der Waals surface area (Å²) in [6.45, 7) is 0. The molecule has 5 heteroatoms. The van der Waals surface area contributed by atoms with Gasteiger partial charge >= 0.3 is 0 Å². The first kappa shape index (κ1) is 15.0. The number of nitrogens with zero attached hydrogens (tertiary/aromatic N) is 1. The smallest absolute Gasteiger partial charge is 0.227 e. The maximum absolute atomic E-state index is 12.2. The molecule has 0 aromatic heterocycles. The summed E-state index contributed by atoms with van der Waals surface area (Å²) in [4.78, 5) is 12.2. The predicted octanol–water partition coefficient (Wildman–Crippen LogP) is 3.06. The van der Waals surface area contributed by atoms with Crippen LogP contribution in [0.3, 0.4) is 0 Å². The summed E-state index contributed by atoms with van der Waals surface area (Å²) in [5, 5.41) is 15.2. The van der Waals surface area contributed by atoms with Crippen molar-refractivity contribution in [1.82, 2.24) is 5.32 Å². The second-order valence-electron chi connectivity index (χ2n) is 5.21. The van der Waals surface area contributed by atoms with Gasteiger partial charge in [0.05, 0.1) is 6.07 Å². The number of nitrogens with one attached hydrogen (secondary N) is 2. The van der Waals surface area contributed by atoms with Crippen LogP contribution in [0.2, 0.25) is 0 Å². The van der Waals surface area contributed by atoms with Crippen LogP contribution in [0.1, 0.15) is 25.7 Å². The zero-order valence-corrected chi connectivity index (χ0v) is 13.0. The summed E-state index contributed by atoms with van der Waals surface area (Å²) < 4.78 is 0.987. The van der Waals surface area contributed by atoms with Gasteiger partial charge in [0.15, 0.2) is 0 Å². The van der Waals surface area contributed by atoms with E-state index in [1.165, 1.54) is 0 Å². The third-order valence-electron chi connectivity index (χ3n) is 4.01. The Bertz CT molecular complexity index is 513. The number of hydrogen-bond donors (Lipinski definition) is 2. The molecule has 20 heavy (non-hydrogen) atoms. The van der Waals surface area contributed by atoms with Crippen LogP contribution in [0.15, 0.2) is 28.7 Å². The first-order chi connectivity index (χ1) is 9.58. The number of rotatable bonds is 3. The van der Waals surface area contributed by atoms with Crippen molar-refractivity contribution in [2.24, 2.45) is 5.92 Å². The zero-order valence-electron chi connectivity index (χ0n) is 11.4. The standard InChI is InChI=1S/C15H18BrN3O/c1-18-15(10-17)8-6-11(7-9-15)14(20)19-13-4-2-12(16)3-5-13/h2-5,11,18H,6-9H2,1H3,(H,19,20). The molecule has 2 N–H and O–H groups in total. The Morgan fingerprint density at radius 2 is 1.95 bits per heavy atom. The highest BCUT2D eigenvalue weighted by molar-refractivity contribution is 9.10. The van der Waals surface area contributed by atoms with Crippen LogP contribution in [-0.4, -0.2) is 18.5 Å². The molecule has 1 aromatic carbocycles. The molecular formula is C15H18BrN3O. The van der Waals surface area contributed by atoms with E-state index in [2.05, 4.69) is 32.6 Å². The highest BCUT2D eigenvalue weighted by Gasteiger charge is 2.36. The van der Waals surface area contributed by atoms with E-state index in [-0.39, 0.29) is 11.8 Å². The number of halogens is 1. The number of benzene rings is 1. The van der Waals surface area contributed by atoms with Crippen LogP contribution in [-0.2, 0) is 4.79 Å². The summed E-state index contributed by atoms with van der Waals surface area (Å²) in [6.07, 6.45) is 2.93. The Morgan fingerprint density at radius 1 is 1.35 bits per heavy atom. The molecule has 1 amide bonds. The van der Waals surface area contributed by atoms with Crippen LogP contribution in [0.25, 0.3) is 0 Å². The lowest BCUT2D eigenvalue weighted by Crippen LogP contribution is -2.46. The minimum absolute atomic E-state index is 0.00604. The Balaban J connectivity index is 1.92. The zero-order chi connectivity index (χ0) is 14.6. The van der Waals surface area contributed by atoms with Crippen molar-refractivity contribution in [2.45, 2.75) is 31.2 Å². The van der Waals surface area contributed by atoms with Gasteiger partial charge in [0.25, 0.3) is 0 Å².